The highest BCUT2D eigenvalue weighted by molar-refractivity contribution is 5.93. The van der Waals surface area contributed by atoms with Gasteiger partial charge < -0.3 is 19.6 Å². The van der Waals surface area contributed by atoms with Gasteiger partial charge in [0.05, 0.1) is 13.7 Å². The van der Waals surface area contributed by atoms with Crippen molar-refractivity contribution in [2.75, 3.05) is 13.7 Å². The van der Waals surface area contributed by atoms with Crippen LogP contribution < -0.4 is 4.74 Å². The van der Waals surface area contributed by atoms with Gasteiger partial charge in [-0.1, -0.05) is 0 Å². The van der Waals surface area contributed by atoms with Crippen LogP contribution in [0.4, 0.5) is 13.2 Å². The van der Waals surface area contributed by atoms with E-state index in [1.807, 2.05) is 0 Å². The van der Waals surface area contributed by atoms with Crippen molar-refractivity contribution in [2.24, 2.45) is 0 Å². The van der Waals surface area contributed by atoms with E-state index in [1.54, 1.807) is 6.07 Å². The van der Waals surface area contributed by atoms with Crippen LogP contribution in [0, 0.1) is 0 Å². The van der Waals surface area contributed by atoms with Gasteiger partial charge in [0, 0.05) is 22.7 Å². The number of H-pyrrole nitrogens is 1. The van der Waals surface area contributed by atoms with Crippen molar-refractivity contribution in [1.29, 1.82) is 0 Å². The summed E-state index contributed by atoms with van der Waals surface area (Å²) in [7, 11) is 1.36. The largest absolute Gasteiger partial charge is 0.497 e. The van der Waals surface area contributed by atoms with Crippen LogP contribution in [-0.2, 0) is 15.1 Å². The summed E-state index contributed by atoms with van der Waals surface area (Å²) in [6, 6.07) is 4.33. The molecule has 2 N–H and O–H groups in total. The third kappa shape index (κ3) is 2.39. The van der Waals surface area contributed by atoms with Gasteiger partial charge in [0.1, 0.15) is 5.75 Å². The van der Waals surface area contributed by atoms with Gasteiger partial charge in [-0.2, -0.15) is 13.2 Å². The smallest absolute Gasteiger partial charge is 0.432 e. The van der Waals surface area contributed by atoms with Gasteiger partial charge in [-0.15, -0.1) is 0 Å². The normalized spacial score (nSPS) is 14.6. The van der Waals surface area contributed by atoms with E-state index in [1.165, 1.54) is 26.2 Å². The number of carbonyl (C=O) groups excluding carboxylic acids is 1. The molecule has 1 heterocycles. The van der Waals surface area contributed by atoms with Crippen LogP contribution in [0.2, 0.25) is 0 Å². The average Bonchev–Trinajstić information content (AvgIpc) is 2.88. The van der Waals surface area contributed by atoms with E-state index in [0.717, 1.165) is 6.20 Å². The number of benzene rings is 1. The summed E-state index contributed by atoms with van der Waals surface area (Å²) in [5.74, 6) is -1.48. The number of nitrogens with one attached hydrogen (secondary N) is 1. The van der Waals surface area contributed by atoms with Gasteiger partial charge in [0.15, 0.2) is 0 Å². The van der Waals surface area contributed by atoms with Crippen molar-refractivity contribution in [2.45, 2.75) is 18.7 Å². The zero-order valence-electron chi connectivity index (χ0n) is 11.8. The highest BCUT2D eigenvalue weighted by Gasteiger charge is 2.63. The Kier molecular flexibility index (Phi) is 4.06. The maximum atomic E-state index is 13.4. The van der Waals surface area contributed by atoms with Crippen LogP contribution in [0.15, 0.2) is 24.4 Å². The summed E-state index contributed by atoms with van der Waals surface area (Å²) < 4.78 is 49.4. The van der Waals surface area contributed by atoms with Crippen LogP contribution in [0.1, 0.15) is 12.5 Å². The molecule has 1 aromatic heterocycles. The lowest BCUT2D eigenvalue weighted by molar-refractivity contribution is -0.267. The second kappa shape index (κ2) is 5.53. The summed E-state index contributed by atoms with van der Waals surface area (Å²) in [4.78, 5) is 14.4. The van der Waals surface area contributed by atoms with Crippen LogP contribution in [-0.4, -0.2) is 36.0 Å². The minimum absolute atomic E-state index is 0.0206. The fraction of sp³-hybridized carbons (Fsp3) is 0.357. The molecule has 0 saturated carbocycles. The molecule has 1 atom stereocenters. The summed E-state index contributed by atoms with van der Waals surface area (Å²) in [6.07, 6.45) is -4.30. The molecule has 8 heteroatoms. The molecule has 0 unspecified atom stereocenters. The minimum atomic E-state index is -5.24. The predicted octanol–water partition coefficient (Wildman–Crippen LogP) is 2.49. The first kappa shape index (κ1) is 16.2. The van der Waals surface area contributed by atoms with Crippen LogP contribution in [0.3, 0.4) is 0 Å². The summed E-state index contributed by atoms with van der Waals surface area (Å²) in [6.45, 7) is 1.07. The van der Waals surface area contributed by atoms with Gasteiger partial charge in [-0.3, -0.25) is 0 Å². The van der Waals surface area contributed by atoms with E-state index in [0.29, 0.717) is 11.3 Å². The Balaban J connectivity index is 2.69. The Labute approximate surface area is 123 Å². The third-order valence-corrected chi connectivity index (χ3v) is 3.26. The van der Waals surface area contributed by atoms with Crippen LogP contribution in [0.5, 0.6) is 5.75 Å². The van der Waals surface area contributed by atoms with Crippen molar-refractivity contribution in [1.82, 2.24) is 4.98 Å². The lowest BCUT2D eigenvalue weighted by Gasteiger charge is -2.27. The maximum Gasteiger partial charge on any atom is 0.432 e. The number of hydrogen-bond acceptors (Lipinski definition) is 4. The number of aromatic nitrogens is 1. The molecule has 22 heavy (non-hydrogen) atoms. The Hall–Kier alpha value is -2.22. The zero-order chi connectivity index (χ0) is 16.5. The van der Waals surface area contributed by atoms with Crippen LogP contribution >= 0.6 is 0 Å². The molecule has 0 amide bonds. The summed E-state index contributed by atoms with van der Waals surface area (Å²) >= 11 is 0. The van der Waals surface area contributed by atoms with Crippen molar-refractivity contribution < 1.29 is 32.5 Å². The quantitative estimate of drug-likeness (QED) is 0.850. The number of methoxy groups -OCH3 is 1. The molecule has 0 fully saturated rings. The molecule has 0 aliphatic carbocycles. The SMILES string of the molecule is CCOC(=O)[C@@](O)(c1c[nH]c2ccc(OC)cc12)C(F)(F)F. The molecule has 5 nitrogen and oxygen atoms in total. The molecular formula is C14H14F3NO4. The number of halogens is 3. The van der Waals surface area contributed by atoms with Crippen LogP contribution in [0.25, 0.3) is 10.9 Å². The first-order chi connectivity index (χ1) is 10.3. The first-order valence-corrected chi connectivity index (χ1v) is 6.37. The van der Waals surface area contributed by atoms with E-state index >= 15 is 0 Å². The number of aromatic amines is 1. The Morgan fingerprint density at radius 2 is 2.05 bits per heavy atom. The number of aliphatic hydroxyl groups is 1. The Bertz CT molecular complexity index is 695. The van der Waals surface area contributed by atoms with Crippen molar-refractivity contribution in [3.63, 3.8) is 0 Å². The van der Waals surface area contributed by atoms with Crippen molar-refractivity contribution >= 4 is 16.9 Å². The molecule has 0 saturated heterocycles. The van der Waals surface area contributed by atoms with E-state index in [9.17, 15) is 23.1 Å². The van der Waals surface area contributed by atoms with E-state index in [2.05, 4.69) is 9.72 Å². The van der Waals surface area contributed by atoms with E-state index in [-0.39, 0.29) is 12.0 Å². The van der Waals surface area contributed by atoms with E-state index in [4.69, 9.17) is 4.74 Å². The third-order valence-electron chi connectivity index (χ3n) is 3.26. The molecule has 2 aromatic rings. The predicted molar refractivity (Wildman–Crippen MR) is 71.4 cm³/mol. The molecule has 0 spiro atoms. The number of alkyl halides is 3. The molecule has 0 aliphatic heterocycles. The number of hydrogen-bond donors (Lipinski definition) is 2. The fourth-order valence-corrected chi connectivity index (χ4v) is 2.14. The summed E-state index contributed by atoms with van der Waals surface area (Å²) in [5, 5.41) is 10.1. The topological polar surface area (TPSA) is 71.5 Å². The highest BCUT2D eigenvalue weighted by Crippen LogP contribution is 2.43. The van der Waals surface area contributed by atoms with Crippen molar-refractivity contribution in [3.8, 4) is 5.75 Å². The van der Waals surface area contributed by atoms with Gasteiger partial charge in [0.25, 0.3) is 5.60 Å². The molecule has 1 aromatic carbocycles. The molecule has 2 rings (SSSR count). The lowest BCUT2D eigenvalue weighted by Crippen LogP contribution is -2.50. The monoisotopic (exact) mass is 317 g/mol. The van der Waals surface area contributed by atoms with Gasteiger partial charge >= 0.3 is 12.1 Å². The summed E-state index contributed by atoms with van der Waals surface area (Å²) in [5.41, 5.74) is -4.07. The molecule has 0 aliphatic rings. The Morgan fingerprint density at radius 3 is 2.59 bits per heavy atom. The number of rotatable bonds is 4. The van der Waals surface area contributed by atoms with Gasteiger partial charge in [0.2, 0.25) is 0 Å². The molecular weight excluding hydrogens is 303 g/mol. The van der Waals surface area contributed by atoms with Gasteiger partial charge in [-0.25, -0.2) is 4.79 Å². The number of fused-ring (bicyclic) bond motifs is 1. The lowest BCUT2D eigenvalue weighted by atomic mass is 9.92. The minimum Gasteiger partial charge on any atom is -0.497 e. The second-order valence-electron chi connectivity index (χ2n) is 4.54. The molecule has 0 radical (unpaired) electrons. The van der Waals surface area contributed by atoms with E-state index < -0.39 is 23.3 Å². The highest BCUT2D eigenvalue weighted by atomic mass is 19.4. The number of carbonyl (C=O) groups is 1. The Morgan fingerprint density at radius 1 is 1.36 bits per heavy atom. The standard InChI is InChI=1S/C14H14F3NO4/c1-3-22-12(19)13(20,14(15,16)17)10-7-18-11-5-4-8(21-2)6-9(10)11/h4-7,18,20H,3H2,1-2H3/t13-/m0/s1. The number of esters is 1. The number of ether oxygens (including phenoxy) is 2. The molecule has 120 valence electrons. The second-order valence-corrected chi connectivity index (χ2v) is 4.54. The molecule has 0 bridgehead atoms. The fourth-order valence-electron chi connectivity index (χ4n) is 2.14. The average molecular weight is 317 g/mol. The van der Waals surface area contributed by atoms with Gasteiger partial charge in [-0.05, 0) is 25.1 Å². The maximum absolute atomic E-state index is 13.4. The first-order valence-electron chi connectivity index (χ1n) is 6.37. The zero-order valence-corrected chi connectivity index (χ0v) is 11.8. The van der Waals surface area contributed by atoms with Crippen molar-refractivity contribution in [3.05, 3.63) is 30.0 Å².